The molecule has 0 saturated carbocycles. The van der Waals surface area contributed by atoms with Gasteiger partial charge in [0.1, 0.15) is 23.6 Å². The lowest BCUT2D eigenvalue weighted by Gasteiger charge is -2.22. The van der Waals surface area contributed by atoms with E-state index in [1.807, 2.05) is 54.6 Å². The van der Waals surface area contributed by atoms with Crippen molar-refractivity contribution in [1.29, 1.82) is 0 Å². The van der Waals surface area contributed by atoms with Crippen LogP contribution in [0.3, 0.4) is 0 Å². The smallest absolute Gasteiger partial charge is 0.435 e. The molecule has 0 saturated heterocycles. The van der Waals surface area contributed by atoms with Crippen molar-refractivity contribution in [1.82, 2.24) is 20.1 Å². The normalized spacial score (nSPS) is 12.3. The van der Waals surface area contributed by atoms with Crippen molar-refractivity contribution in [3.05, 3.63) is 103 Å². The fraction of sp³-hybridized carbons (Fsp3) is 0.297. The van der Waals surface area contributed by atoms with Gasteiger partial charge in [0.2, 0.25) is 5.91 Å². The molecular formula is C37H41N5O6. The zero-order valence-corrected chi connectivity index (χ0v) is 28.0. The van der Waals surface area contributed by atoms with Crippen LogP contribution < -0.4 is 15.4 Å². The third kappa shape index (κ3) is 8.81. The Balaban J connectivity index is 1.36. The van der Waals surface area contributed by atoms with Gasteiger partial charge in [-0.1, -0.05) is 54.6 Å². The molecule has 0 aliphatic rings. The van der Waals surface area contributed by atoms with Gasteiger partial charge < -0.3 is 29.8 Å². The Morgan fingerprint density at radius 3 is 2.27 bits per heavy atom. The maximum atomic E-state index is 13.9. The van der Waals surface area contributed by atoms with Crippen LogP contribution >= 0.6 is 0 Å². The third-order valence-electron chi connectivity index (χ3n) is 7.14. The predicted molar refractivity (Wildman–Crippen MR) is 184 cm³/mol. The fourth-order valence-electron chi connectivity index (χ4n) is 4.99. The zero-order valence-electron chi connectivity index (χ0n) is 28.0. The van der Waals surface area contributed by atoms with Crippen LogP contribution in [0.4, 0.5) is 15.3 Å². The monoisotopic (exact) mass is 651 g/mol. The number of anilines is 1. The number of H-pyrrole nitrogens is 1. The second-order valence-electron chi connectivity index (χ2n) is 13.4. The molecule has 3 aromatic carbocycles. The minimum Gasteiger partial charge on any atom is -0.489 e. The molecule has 1 unspecified atom stereocenters. The lowest BCUT2D eigenvalue weighted by atomic mass is 9.97. The molecule has 5 aromatic rings. The van der Waals surface area contributed by atoms with E-state index in [9.17, 15) is 14.4 Å². The third-order valence-corrected chi connectivity index (χ3v) is 7.14. The molecule has 11 nitrogen and oxygen atoms in total. The molecule has 0 radical (unpaired) electrons. The Morgan fingerprint density at radius 1 is 0.875 bits per heavy atom. The maximum absolute atomic E-state index is 13.9. The van der Waals surface area contributed by atoms with Gasteiger partial charge in [-0.05, 0) is 70.9 Å². The summed E-state index contributed by atoms with van der Waals surface area (Å²) in [6.45, 7) is 11.1. The molecule has 48 heavy (non-hydrogen) atoms. The van der Waals surface area contributed by atoms with Crippen LogP contribution in [0.25, 0.3) is 22.0 Å². The van der Waals surface area contributed by atoms with E-state index in [0.717, 1.165) is 21.2 Å². The Morgan fingerprint density at radius 2 is 1.58 bits per heavy atom. The van der Waals surface area contributed by atoms with Crippen LogP contribution in [0.15, 0.2) is 91.4 Å². The van der Waals surface area contributed by atoms with Crippen LogP contribution in [-0.4, -0.2) is 50.6 Å². The number of alkyl carbamates (subject to hydrolysis) is 1. The molecule has 0 aliphatic carbocycles. The van der Waals surface area contributed by atoms with E-state index in [1.54, 1.807) is 78.3 Å². The fourth-order valence-corrected chi connectivity index (χ4v) is 4.99. The van der Waals surface area contributed by atoms with Crippen LogP contribution in [0.2, 0.25) is 0 Å². The number of aromatic nitrogens is 3. The number of rotatable bonds is 9. The SMILES string of the molecule is CC(C)(C)OC(=O)NCC(C(=O)Nc1cccc2c(-c3cnn(C(=O)OC(C)(C)C)c3)c[nH]c12)c1ccc(OCc2ccccc2)cc1. The summed E-state index contributed by atoms with van der Waals surface area (Å²) >= 11 is 0. The number of fused-ring (bicyclic) bond motifs is 1. The Kier molecular flexibility index (Phi) is 9.88. The average Bonchev–Trinajstić information content (AvgIpc) is 3.68. The lowest BCUT2D eigenvalue weighted by Crippen LogP contribution is -2.37. The largest absolute Gasteiger partial charge is 0.489 e. The van der Waals surface area contributed by atoms with E-state index in [1.165, 1.54) is 0 Å². The Labute approximate surface area is 279 Å². The number of carbonyl (C=O) groups excluding carboxylic acids is 3. The van der Waals surface area contributed by atoms with Crippen molar-refractivity contribution in [2.24, 2.45) is 0 Å². The molecule has 1 atom stereocenters. The van der Waals surface area contributed by atoms with Crippen molar-refractivity contribution in [2.45, 2.75) is 65.3 Å². The number of ether oxygens (including phenoxy) is 3. The van der Waals surface area contributed by atoms with Gasteiger partial charge in [0.05, 0.1) is 23.3 Å². The number of carbonyl (C=O) groups is 3. The average molecular weight is 652 g/mol. The van der Waals surface area contributed by atoms with E-state index in [0.29, 0.717) is 34.7 Å². The van der Waals surface area contributed by atoms with Gasteiger partial charge in [0.15, 0.2) is 0 Å². The minimum atomic E-state index is -0.752. The first-order valence-corrected chi connectivity index (χ1v) is 15.7. The number of hydrogen-bond donors (Lipinski definition) is 3. The first-order chi connectivity index (χ1) is 22.8. The molecule has 0 spiro atoms. The van der Waals surface area contributed by atoms with Crippen molar-refractivity contribution in [3.63, 3.8) is 0 Å². The molecule has 0 fully saturated rings. The van der Waals surface area contributed by atoms with Gasteiger partial charge in [0.25, 0.3) is 0 Å². The number of benzene rings is 3. The van der Waals surface area contributed by atoms with Crippen molar-refractivity contribution >= 4 is 34.7 Å². The maximum Gasteiger partial charge on any atom is 0.435 e. The number of nitrogens with zero attached hydrogens (tertiary/aromatic N) is 2. The molecule has 250 valence electrons. The molecule has 2 aromatic heterocycles. The van der Waals surface area contributed by atoms with Gasteiger partial charge in [0, 0.05) is 35.5 Å². The topological polar surface area (TPSA) is 137 Å². The molecule has 2 heterocycles. The summed E-state index contributed by atoms with van der Waals surface area (Å²) in [4.78, 5) is 42.2. The number of amides is 2. The van der Waals surface area contributed by atoms with E-state index in [-0.39, 0.29) is 12.5 Å². The second-order valence-corrected chi connectivity index (χ2v) is 13.4. The minimum absolute atomic E-state index is 0.000762. The van der Waals surface area contributed by atoms with E-state index < -0.39 is 29.3 Å². The molecule has 0 bridgehead atoms. The van der Waals surface area contributed by atoms with Crippen LogP contribution in [0.1, 0.15) is 58.6 Å². The van der Waals surface area contributed by atoms with Gasteiger partial charge in [-0.25, -0.2) is 9.59 Å². The summed E-state index contributed by atoms with van der Waals surface area (Å²) in [6.07, 6.45) is 3.79. The van der Waals surface area contributed by atoms with E-state index in [4.69, 9.17) is 14.2 Å². The molecule has 3 N–H and O–H groups in total. The number of para-hydroxylation sites is 1. The van der Waals surface area contributed by atoms with Crippen LogP contribution in [-0.2, 0) is 20.9 Å². The van der Waals surface area contributed by atoms with Gasteiger partial charge in [-0.2, -0.15) is 9.78 Å². The zero-order chi connectivity index (χ0) is 34.5. The summed E-state index contributed by atoms with van der Waals surface area (Å²) in [5.41, 5.74) is 3.11. The molecular weight excluding hydrogens is 610 g/mol. The Bertz CT molecular complexity index is 1880. The molecule has 2 amide bonds. The molecule has 11 heteroatoms. The summed E-state index contributed by atoms with van der Waals surface area (Å²) < 4.78 is 17.9. The molecule has 5 rings (SSSR count). The van der Waals surface area contributed by atoms with Crippen LogP contribution in [0.5, 0.6) is 5.75 Å². The van der Waals surface area contributed by atoms with Crippen molar-refractivity contribution in [2.75, 3.05) is 11.9 Å². The number of hydrogen-bond acceptors (Lipinski definition) is 7. The van der Waals surface area contributed by atoms with Gasteiger partial charge in [-0.15, -0.1) is 0 Å². The highest BCUT2D eigenvalue weighted by molar-refractivity contribution is 6.07. The van der Waals surface area contributed by atoms with Crippen molar-refractivity contribution < 1.29 is 28.6 Å². The number of aromatic amines is 1. The van der Waals surface area contributed by atoms with E-state index >= 15 is 0 Å². The number of nitrogens with one attached hydrogen (secondary N) is 3. The highest BCUT2D eigenvalue weighted by atomic mass is 16.6. The lowest BCUT2D eigenvalue weighted by molar-refractivity contribution is -0.117. The quantitative estimate of drug-likeness (QED) is 0.149. The van der Waals surface area contributed by atoms with Crippen molar-refractivity contribution in [3.8, 4) is 16.9 Å². The molecule has 0 aliphatic heterocycles. The summed E-state index contributed by atoms with van der Waals surface area (Å²) in [5.74, 6) is -0.427. The Hall–Kier alpha value is -5.58. The summed E-state index contributed by atoms with van der Waals surface area (Å²) in [6, 6.07) is 22.6. The highest BCUT2D eigenvalue weighted by Gasteiger charge is 2.25. The predicted octanol–water partition coefficient (Wildman–Crippen LogP) is 7.64. The summed E-state index contributed by atoms with van der Waals surface area (Å²) in [5, 5.41) is 10.8. The first kappa shape index (κ1) is 33.8. The van der Waals surface area contributed by atoms with Gasteiger partial charge in [-0.3, -0.25) is 4.79 Å². The second kappa shape index (κ2) is 14.0. The first-order valence-electron chi connectivity index (χ1n) is 15.7. The summed E-state index contributed by atoms with van der Waals surface area (Å²) in [7, 11) is 0. The standard InChI is InChI=1S/C37H41N5O6/c1-36(2,3)47-34(44)39-21-30(25-15-17-27(18-16-25)46-23-24-11-8-7-9-12-24)33(43)41-31-14-10-13-28-29(20-38-32(28)31)26-19-40-42(22-26)35(45)48-37(4,5)6/h7-20,22,30,38H,21,23H2,1-6H3,(H,39,44)(H,41,43). The van der Waals surface area contributed by atoms with E-state index in [2.05, 4.69) is 20.7 Å². The van der Waals surface area contributed by atoms with Gasteiger partial charge >= 0.3 is 12.2 Å². The highest BCUT2D eigenvalue weighted by Crippen LogP contribution is 2.33. The van der Waals surface area contributed by atoms with Crippen LogP contribution in [0, 0.1) is 0 Å².